The van der Waals surface area contributed by atoms with Crippen molar-refractivity contribution in [1.29, 1.82) is 0 Å². The highest BCUT2D eigenvalue weighted by Crippen LogP contribution is 2.39. The Morgan fingerprint density at radius 1 is 1.25 bits per heavy atom. The number of amides is 1. The molecule has 1 N–H and O–H groups in total. The summed E-state index contributed by atoms with van der Waals surface area (Å²) in [5.74, 6) is -0.589. The van der Waals surface area contributed by atoms with Crippen LogP contribution in [-0.2, 0) is 11.3 Å². The molecule has 1 amide bonds. The van der Waals surface area contributed by atoms with Gasteiger partial charge in [-0.05, 0) is 19.8 Å². The minimum atomic E-state index is -0.794. The molecule has 1 saturated carbocycles. The van der Waals surface area contributed by atoms with Gasteiger partial charge in [0.2, 0.25) is 17.7 Å². The third-order valence-corrected chi connectivity index (χ3v) is 5.09. The SMILES string of the molecule is Cc1cc(=O)n(CC(=O)N2CCN(c3nc(C4CC4)c(F)c(=O)[nH]3)CC2)cn1. The number of aromatic nitrogens is 4. The second kappa shape index (κ2) is 7.17. The number of halogens is 1. The summed E-state index contributed by atoms with van der Waals surface area (Å²) in [6.07, 6.45) is 3.07. The normalized spacial score (nSPS) is 17.1. The molecule has 9 nitrogen and oxygen atoms in total. The standard InChI is InChI=1S/C18H21FN6O3/c1-11-8-13(26)25(10-20-11)9-14(27)23-4-6-24(7-5-23)18-21-16(12-2-3-12)15(19)17(28)22-18/h8,10,12H,2-7,9H2,1H3,(H,21,22,28). The highest BCUT2D eigenvalue weighted by molar-refractivity contribution is 5.76. The first-order valence-corrected chi connectivity index (χ1v) is 9.28. The molecule has 2 aromatic rings. The van der Waals surface area contributed by atoms with E-state index in [2.05, 4.69) is 15.0 Å². The third kappa shape index (κ3) is 3.67. The minimum Gasteiger partial charge on any atom is -0.339 e. The predicted octanol–water partition coefficient (Wildman–Crippen LogP) is 0.000320. The van der Waals surface area contributed by atoms with Gasteiger partial charge in [0.1, 0.15) is 6.54 Å². The van der Waals surface area contributed by atoms with Gasteiger partial charge in [-0.15, -0.1) is 0 Å². The van der Waals surface area contributed by atoms with E-state index in [1.807, 2.05) is 4.90 Å². The lowest BCUT2D eigenvalue weighted by Crippen LogP contribution is -2.50. The van der Waals surface area contributed by atoms with Crippen molar-refractivity contribution in [3.05, 3.63) is 50.3 Å². The van der Waals surface area contributed by atoms with Crippen molar-refractivity contribution in [2.75, 3.05) is 31.1 Å². The van der Waals surface area contributed by atoms with E-state index in [9.17, 15) is 18.8 Å². The molecule has 0 radical (unpaired) electrons. The van der Waals surface area contributed by atoms with Gasteiger partial charge in [0, 0.05) is 43.9 Å². The number of hydrogen-bond donors (Lipinski definition) is 1. The Bertz CT molecular complexity index is 1020. The van der Waals surface area contributed by atoms with E-state index < -0.39 is 11.4 Å². The van der Waals surface area contributed by atoms with Crippen molar-refractivity contribution in [2.24, 2.45) is 0 Å². The molecule has 1 saturated heterocycles. The number of nitrogens with one attached hydrogen (secondary N) is 1. The summed E-state index contributed by atoms with van der Waals surface area (Å²) in [5, 5.41) is 0. The van der Waals surface area contributed by atoms with Crippen LogP contribution in [0.15, 0.2) is 22.0 Å². The molecule has 148 valence electrons. The van der Waals surface area contributed by atoms with Crippen LogP contribution in [0, 0.1) is 12.7 Å². The van der Waals surface area contributed by atoms with Crippen molar-refractivity contribution in [2.45, 2.75) is 32.2 Å². The van der Waals surface area contributed by atoms with Gasteiger partial charge < -0.3 is 9.80 Å². The molecular formula is C18H21FN6O3. The summed E-state index contributed by atoms with van der Waals surface area (Å²) in [6, 6.07) is 1.39. The number of aromatic amines is 1. The maximum absolute atomic E-state index is 14.0. The molecule has 4 rings (SSSR count). The van der Waals surface area contributed by atoms with Crippen LogP contribution in [0.25, 0.3) is 0 Å². The van der Waals surface area contributed by atoms with Crippen molar-refractivity contribution < 1.29 is 9.18 Å². The Hall–Kier alpha value is -3.04. The lowest BCUT2D eigenvalue weighted by Gasteiger charge is -2.35. The molecule has 0 unspecified atom stereocenters. The zero-order chi connectivity index (χ0) is 19.8. The number of anilines is 1. The van der Waals surface area contributed by atoms with Gasteiger partial charge in [-0.3, -0.25) is 23.9 Å². The van der Waals surface area contributed by atoms with E-state index in [4.69, 9.17) is 0 Å². The van der Waals surface area contributed by atoms with Crippen molar-refractivity contribution >= 4 is 11.9 Å². The summed E-state index contributed by atoms with van der Waals surface area (Å²) >= 11 is 0. The van der Waals surface area contributed by atoms with Crippen LogP contribution in [0.3, 0.4) is 0 Å². The molecule has 2 fully saturated rings. The van der Waals surface area contributed by atoms with Crippen LogP contribution in [0.5, 0.6) is 0 Å². The van der Waals surface area contributed by atoms with Crippen molar-refractivity contribution in [3.8, 4) is 0 Å². The second-order valence-electron chi connectivity index (χ2n) is 7.23. The number of aryl methyl sites for hydroxylation is 1. The number of nitrogens with zero attached hydrogens (tertiary/aromatic N) is 5. The first kappa shape index (κ1) is 18.3. The van der Waals surface area contributed by atoms with Crippen molar-refractivity contribution in [1.82, 2.24) is 24.4 Å². The Morgan fingerprint density at radius 2 is 1.96 bits per heavy atom. The first-order chi connectivity index (χ1) is 13.4. The number of rotatable bonds is 4. The summed E-state index contributed by atoms with van der Waals surface area (Å²) in [5.41, 5.74) is -0.172. The van der Waals surface area contributed by atoms with E-state index in [-0.39, 0.29) is 29.6 Å². The van der Waals surface area contributed by atoms with Crippen LogP contribution in [0.2, 0.25) is 0 Å². The molecule has 3 heterocycles. The molecule has 1 aliphatic carbocycles. The van der Waals surface area contributed by atoms with Crippen LogP contribution < -0.4 is 16.0 Å². The number of carbonyl (C=O) groups is 1. The topological polar surface area (TPSA) is 104 Å². The largest absolute Gasteiger partial charge is 0.339 e. The smallest absolute Gasteiger partial charge is 0.288 e. The molecule has 0 spiro atoms. The fourth-order valence-corrected chi connectivity index (χ4v) is 3.29. The molecule has 10 heteroatoms. The molecule has 2 aliphatic rings. The molecule has 2 aromatic heterocycles. The van der Waals surface area contributed by atoms with Crippen LogP contribution in [-0.4, -0.2) is 56.5 Å². The van der Waals surface area contributed by atoms with Crippen molar-refractivity contribution in [3.63, 3.8) is 0 Å². The maximum Gasteiger partial charge on any atom is 0.288 e. The average Bonchev–Trinajstić information content (AvgIpc) is 3.51. The average molecular weight is 388 g/mol. The van der Waals surface area contributed by atoms with Gasteiger partial charge in [-0.1, -0.05) is 0 Å². The monoisotopic (exact) mass is 388 g/mol. The van der Waals surface area contributed by atoms with E-state index >= 15 is 0 Å². The van der Waals surface area contributed by atoms with Crippen LogP contribution in [0.4, 0.5) is 10.3 Å². The Morgan fingerprint density at radius 3 is 2.61 bits per heavy atom. The zero-order valence-corrected chi connectivity index (χ0v) is 15.5. The second-order valence-corrected chi connectivity index (χ2v) is 7.23. The lowest BCUT2D eigenvalue weighted by molar-refractivity contribution is -0.132. The van der Waals surface area contributed by atoms with E-state index in [1.165, 1.54) is 17.0 Å². The molecule has 0 aromatic carbocycles. The first-order valence-electron chi connectivity index (χ1n) is 9.28. The molecule has 0 bridgehead atoms. The van der Waals surface area contributed by atoms with E-state index in [1.54, 1.807) is 11.8 Å². The molecule has 1 aliphatic heterocycles. The van der Waals surface area contributed by atoms with Crippen LogP contribution in [0.1, 0.15) is 30.1 Å². The van der Waals surface area contributed by atoms with Gasteiger partial charge >= 0.3 is 0 Å². The quantitative estimate of drug-likeness (QED) is 0.791. The number of carbonyl (C=O) groups excluding carboxylic acids is 1. The summed E-state index contributed by atoms with van der Waals surface area (Å²) < 4.78 is 15.2. The highest BCUT2D eigenvalue weighted by atomic mass is 19.1. The van der Waals surface area contributed by atoms with Gasteiger partial charge in [-0.25, -0.2) is 9.97 Å². The van der Waals surface area contributed by atoms with E-state index in [0.29, 0.717) is 37.8 Å². The van der Waals surface area contributed by atoms with E-state index in [0.717, 1.165) is 12.8 Å². The highest BCUT2D eigenvalue weighted by Gasteiger charge is 2.31. The van der Waals surface area contributed by atoms with Crippen LogP contribution >= 0.6 is 0 Å². The molecular weight excluding hydrogens is 367 g/mol. The summed E-state index contributed by atoms with van der Waals surface area (Å²) in [6.45, 7) is 3.43. The Labute approximate surface area is 159 Å². The zero-order valence-electron chi connectivity index (χ0n) is 15.5. The van der Waals surface area contributed by atoms with Gasteiger partial charge in [0.25, 0.3) is 11.1 Å². The predicted molar refractivity (Wildman–Crippen MR) is 98.8 cm³/mol. The summed E-state index contributed by atoms with van der Waals surface area (Å²) in [4.78, 5) is 50.6. The van der Waals surface area contributed by atoms with Gasteiger partial charge in [-0.2, -0.15) is 4.39 Å². The fourth-order valence-electron chi connectivity index (χ4n) is 3.29. The third-order valence-electron chi connectivity index (χ3n) is 5.09. The van der Waals surface area contributed by atoms with Gasteiger partial charge in [0.15, 0.2) is 0 Å². The summed E-state index contributed by atoms with van der Waals surface area (Å²) in [7, 11) is 0. The lowest BCUT2D eigenvalue weighted by atomic mass is 10.2. The Balaban J connectivity index is 1.41. The van der Waals surface area contributed by atoms with Gasteiger partial charge in [0.05, 0.1) is 12.0 Å². The molecule has 28 heavy (non-hydrogen) atoms. The maximum atomic E-state index is 14.0. The number of H-pyrrole nitrogens is 1. The molecule has 0 atom stereocenters. The fraction of sp³-hybridized carbons (Fsp3) is 0.500. The number of hydrogen-bond acceptors (Lipinski definition) is 6. The Kier molecular flexibility index (Phi) is 4.70. The number of piperazine rings is 1. The minimum absolute atomic E-state index is 0.0327.